The molecule has 1 aliphatic rings. The van der Waals surface area contributed by atoms with Crippen molar-refractivity contribution < 1.29 is 9.13 Å². The van der Waals surface area contributed by atoms with Crippen LogP contribution in [0.3, 0.4) is 0 Å². The van der Waals surface area contributed by atoms with Crippen LogP contribution in [0.25, 0.3) is 0 Å². The van der Waals surface area contributed by atoms with Crippen molar-refractivity contribution in [2.24, 2.45) is 5.73 Å². The summed E-state index contributed by atoms with van der Waals surface area (Å²) in [6, 6.07) is 4.44. The first-order valence-electron chi connectivity index (χ1n) is 6.43. The molecule has 0 aliphatic carbocycles. The van der Waals surface area contributed by atoms with Gasteiger partial charge in [-0.25, -0.2) is 4.39 Å². The molecule has 1 aliphatic heterocycles. The third-order valence-corrected chi connectivity index (χ3v) is 3.72. The summed E-state index contributed by atoms with van der Waals surface area (Å²) in [5.41, 5.74) is 6.09. The van der Waals surface area contributed by atoms with Gasteiger partial charge in [0.1, 0.15) is 5.82 Å². The Morgan fingerprint density at radius 3 is 2.74 bits per heavy atom. The zero-order valence-electron chi connectivity index (χ0n) is 11.3. The first-order valence-corrected chi connectivity index (χ1v) is 6.80. The molecule has 0 saturated carbocycles. The van der Waals surface area contributed by atoms with Gasteiger partial charge in [0.15, 0.2) is 0 Å². The molecule has 19 heavy (non-hydrogen) atoms. The third-order valence-electron chi connectivity index (χ3n) is 3.50. The van der Waals surface area contributed by atoms with Crippen molar-refractivity contribution in [1.29, 1.82) is 0 Å². The number of halogens is 2. The van der Waals surface area contributed by atoms with Crippen LogP contribution in [0.5, 0.6) is 0 Å². The van der Waals surface area contributed by atoms with E-state index in [-0.39, 0.29) is 17.0 Å². The molecule has 1 aromatic carbocycles. The van der Waals surface area contributed by atoms with E-state index >= 15 is 0 Å². The van der Waals surface area contributed by atoms with Gasteiger partial charge in [-0.05, 0) is 38.5 Å². The molecule has 2 rings (SSSR count). The first-order chi connectivity index (χ1) is 8.84. The minimum Gasteiger partial charge on any atom is -0.378 e. The van der Waals surface area contributed by atoms with Crippen molar-refractivity contribution in [1.82, 2.24) is 0 Å². The van der Waals surface area contributed by atoms with E-state index < -0.39 is 0 Å². The molecule has 3 nitrogen and oxygen atoms in total. The van der Waals surface area contributed by atoms with Gasteiger partial charge in [0.2, 0.25) is 0 Å². The van der Waals surface area contributed by atoms with E-state index in [1.54, 1.807) is 6.07 Å². The summed E-state index contributed by atoms with van der Waals surface area (Å²) < 4.78 is 19.1. The standard InChI is InChI=1S/C14H20ClFN2O/c1-13(2)8-14(9-17,3-4-19-13)18-12-6-10(15)5-11(16)7-12/h5-7,18H,3-4,8-9,17H2,1-2H3. The lowest BCUT2D eigenvalue weighted by atomic mass is 9.81. The molecule has 0 bridgehead atoms. The Labute approximate surface area is 118 Å². The maximum absolute atomic E-state index is 13.4. The van der Waals surface area contributed by atoms with Crippen molar-refractivity contribution >= 4 is 17.3 Å². The molecule has 1 saturated heterocycles. The highest BCUT2D eigenvalue weighted by Crippen LogP contribution is 2.34. The fourth-order valence-electron chi connectivity index (χ4n) is 2.74. The number of benzene rings is 1. The SMILES string of the molecule is CC1(C)CC(CN)(Nc2cc(F)cc(Cl)c2)CCO1. The number of anilines is 1. The fourth-order valence-corrected chi connectivity index (χ4v) is 2.96. The molecule has 1 aromatic rings. The molecule has 0 amide bonds. The lowest BCUT2D eigenvalue weighted by Gasteiger charge is -2.45. The molecule has 3 N–H and O–H groups in total. The maximum Gasteiger partial charge on any atom is 0.126 e. The average Bonchev–Trinajstić information content (AvgIpc) is 2.26. The summed E-state index contributed by atoms with van der Waals surface area (Å²) in [7, 11) is 0. The van der Waals surface area contributed by atoms with Gasteiger partial charge in [-0.3, -0.25) is 0 Å². The van der Waals surface area contributed by atoms with Gasteiger partial charge in [0.25, 0.3) is 0 Å². The molecular formula is C14H20ClFN2O. The van der Waals surface area contributed by atoms with E-state index in [0.717, 1.165) is 12.8 Å². The van der Waals surface area contributed by atoms with E-state index in [1.165, 1.54) is 12.1 Å². The Balaban J connectivity index is 2.22. The minimum atomic E-state index is -0.353. The van der Waals surface area contributed by atoms with Gasteiger partial charge in [-0.1, -0.05) is 11.6 Å². The van der Waals surface area contributed by atoms with Gasteiger partial charge in [0.05, 0.1) is 11.1 Å². The number of hydrogen-bond acceptors (Lipinski definition) is 3. The lowest BCUT2D eigenvalue weighted by Crippen LogP contribution is -2.55. The summed E-state index contributed by atoms with van der Waals surface area (Å²) in [6.07, 6.45) is 1.56. The number of rotatable bonds is 3. The summed E-state index contributed by atoms with van der Waals surface area (Å²) >= 11 is 5.88. The molecule has 1 heterocycles. The molecule has 1 atom stereocenters. The normalized spacial score (nSPS) is 26.2. The van der Waals surface area contributed by atoms with E-state index in [2.05, 4.69) is 5.32 Å². The van der Waals surface area contributed by atoms with Crippen LogP contribution in [0.2, 0.25) is 5.02 Å². The Morgan fingerprint density at radius 1 is 1.42 bits per heavy atom. The molecule has 5 heteroatoms. The van der Waals surface area contributed by atoms with Gasteiger partial charge >= 0.3 is 0 Å². The van der Waals surface area contributed by atoms with Gasteiger partial charge in [-0.15, -0.1) is 0 Å². The molecular weight excluding hydrogens is 267 g/mol. The lowest BCUT2D eigenvalue weighted by molar-refractivity contribution is -0.0736. The minimum absolute atomic E-state index is 0.234. The fraction of sp³-hybridized carbons (Fsp3) is 0.571. The Morgan fingerprint density at radius 2 is 2.16 bits per heavy atom. The molecule has 1 unspecified atom stereocenters. The van der Waals surface area contributed by atoms with Crippen LogP contribution >= 0.6 is 11.6 Å². The largest absolute Gasteiger partial charge is 0.378 e. The number of hydrogen-bond donors (Lipinski definition) is 2. The van der Waals surface area contributed by atoms with E-state index in [9.17, 15) is 4.39 Å². The maximum atomic E-state index is 13.4. The quantitative estimate of drug-likeness (QED) is 0.897. The van der Waals surface area contributed by atoms with E-state index in [0.29, 0.717) is 23.9 Å². The third kappa shape index (κ3) is 3.59. The van der Waals surface area contributed by atoms with Crippen molar-refractivity contribution in [2.45, 2.75) is 37.8 Å². The predicted octanol–water partition coefficient (Wildman–Crippen LogP) is 3.18. The molecule has 0 aromatic heterocycles. The highest BCUT2D eigenvalue weighted by molar-refractivity contribution is 6.30. The van der Waals surface area contributed by atoms with Gasteiger partial charge in [0, 0.05) is 30.3 Å². The van der Waals surface area contributed by atoms with Crippen molar-refractivity contribution in [2.75, 3.05) is 18.5 Å². The van der Waals surface area contributed by atoms with Crippen LogP contribution < -0.4 is 11.1 Å². The van der Waals surface area contributed by atoms with Crippen molar-refractivity contribution in [3.05, 3.63) is 29.0 Å². The molecule has 106 valence electrons. The van der Waals surface area contributed by atoms with Gasteiger partial charge in [-0.2, -0.15) is 0 Å². The topological polar surface area (TPSA) is 47.3 Å². The number of nitrogens with two attached hydrogens (primary N) is 1. The highest BCUT2D eigenvalue weighted by atomic mass is 35.5. The average molecular weight is 287 g/mol. The van der Waals surface area contributed by atoms with Crippen LogP contribution in [0.4, 0.5) is 10.1 Å². The second-order valence-corrected chi connectivity index (χ2v) is 6.24. The summed E-state index contributed by atoms with van der Waals surface area (Å²) in [5.74, 6) is -0.353. The van der Waals surface area contributed by atoms with Crippen molar-refractivity contribution in [3.63, 3.8) is 0 Å². The Kier molecular flexibility index (Phi) is 4.04. The van der Waals surface area contributed by atoms with E-state index in [4.69, 9.17) is 22.1 Å². The molecule has 1 fully saturated rings. The zero-order valence-corrected chi connectivity index (χ0v) is 12.1. The summed E-state index contributed by atoms with van der Waals surface area (Å²) in [4.78, 5) is 0. The Hall–Kier alpha value is -0.840. The second kappa shape index (κ2) is 5.27. The van der Waals surface area contributed by atoms with Crippen LogP contribution in [0.15, 0.2) is 18.2 Å². The number of nitrogens with one attached hydrogen (secondary N) is 1. The zero-order chi connectivity index (χ0) is 14.1. The van der Waals surface area contributed by atoms with E-state index in [1.807, 2.05) is 13.8 Å². The summed E-state index contributed by atoms with van der Waals surface area (Å²) in [5, 5.41) is 3.73. The van der Waals surface area contributed by atoms with Crippen molar-refractivity contribution in [3.8, 4) is 0 Å². The smallest absolute Gasteiger partial charge is 0.126 e. The first kappa shape index (κ1) is 14.6. The van der Waals surface area contributed by atoms with Crippen LogP contribution in [-0.2, 0) is 4.74 Å². The van der Waals surface area contributed by atoms with Crippen LogP contribution in [-0.4, -0.2) is 24.3 Å². The molecule has 0 radical (unpaired) electrons. The Bertz CT molecular complexity index is 447. The second-order valence-electron chi connectivity index (χ2n) is 5.80. The number of ether oxygens (including phenoxy) is 1. The highest BCUT2D eigenvalue weighted by Gasteiger charge is 2.40. The van der Waals surface area contributed by atoms with Gasteiger partial charge < -0.3 is 15.8 Å². The summed E-state index contributed by atoms with van der Waals surface area (Å²) in [6.45, 7) is 5.18. The van der Waals surface area contributed by atoms with Crippen LogP contribution in [0.1, 0.15) is 26.7 Å². The van der Waals surface area contributed by atoms with Crippen LogP contribution in [0, 0.1) is 5.82 Å². The monoisotopic (exact) mass is 286 g/mol. The predicted molar refractivity (Wildman–Crippen MR) is 76.1 cm³/mol. The molecule has 0 spiro atoms.